The van der Waals surface area contributed by atoms with Crippen LogP contribution < -0.4 is 15.4 Å². The lowest BCUT2D eigenvalue weighted by Crippen LogP contribution is -2.31. The molecule has 2 rings (SSSR count). The smallest absolute Gasteiger partial charge is 0.320 e. The normalized spacial score (nSPS) is 11.5. The number of benzene rings is 1. The third-order valence-corrected chi connectivity index (χ3v) is 3.50. The number of halogens is 2. The second kappa shape index (κ2) is 8.98. The maximum atomic E-state index is 13.5. The van der Waals surface area contributed by atoms with Crippen molar-refractivity contribution in [2.24, 2.45) is 0 Å². The zero-order valence-corrected chi connectivity index (χ0v) is 14.2. The van der Waals surface area contributed by atoms with Crippen LogP contribution in [0.4, 0.5) is 15.0 Å². The first-order valence-electron chi connectivity index (χ1n) is 7.52. The van der Waals surface area contributed by atoms with Crippen molar-refractivity contribution >= 4 is 29.2 Å². The van der Waals surface area contributed by atoms with Crippen LogP contribution in [0.3, 0.4) is 0 Å². The molecule has 2 amide bonds. The molecule has 8 heteroatoms. The number of nitrogens with zero attached hydrogens (tertiary/aromatic N) is 1. The number of para-hydroxylation sites is 1. The van der Waals surface area contributed by atoms with E-state index in [0.717, 1.165) is 6.92 Å². The quantitative estimate of drug-likeness (QED) is 0.788. The lowest BCUT2D eigenvalue weighted by molar-refractivity contribution is -0.130. The van der Waals surface area contributed by atoms with Crippen LogP contribution in [-0.2, 0) is 11.2 Å². The molecule has 0 saturated heterocycles. The highest BCUT2D eigenvalue weighted by Gasteiger charge is 2.15. The number of pyridine rings is 1. The van der Waals surface area contributed by atoms with Gasteiger partial charge in [0.05, 0.1) is 5.02 Å². The lowest BCUT2D eigenvalue weighted by Gasteiger charge is -2.13. The van der Waals surface area contributed by atoms with E-state index in [9.17, 15) is 14.0 Å². The standard InChI is InChI=1S/C17H17ClFN3O3/c1-11(23)15(19)25-14-7-3-2-5-12(14)8-10-21-17(24)22-16-13(18)6-4-9-20-16/h2-7,9,15H,8,10H2,1H3,(H2,20,21,22,24). The van der Waals surface area contributed by atoms with E-state index in [4.69, 9.17) is 16.3 Å². The Morgan fingerprint density at radius 1 is 1.28 bits per heavy atom. The molecule has 0 aliphatic heterocycles. The molecule has 2 N–H and O–H groups in total. The van der Waals surface area contributed by atoms with E-state index in [1.54, 1.807) is 36.4 Å². The number of hydrogen-bond acceptors (Lipinski definition) is 4. The number of carbonyl (C=O) groups is 2. The van der Waals surface area contributed by atoms with E-state index in [1.165, 1.54) is 6.20 Å². The average Bonchev–Trinajstić information content (AvgIpc) is 2.58. The minimum Gasteiger partial charge on any atom is -0.453 e. The molecule has 132 valence electrons. The van der Waals surface area contributed by atoms with Crippen LogP contribution in [0.15, 0.2) is 42.6 Å². The Hall–Kier alpha value is -2.67. The van der Waals surface area contributed by atoms with Gasteiger partial charge in [-0.25, -0.2) is 9.78 Å². The van der Waals surface area contributed by atoms with Crippen molar-refractivity contribution in [1.82, 2.24) is 10.3 Å². The van der Waals surface area contributed by atoms with Crippen LogP contribution in [0.25, 0.3) is 0 Å². The molecule has 0 bridgehead atoms. The number of carbonyl (C=O) groups excluding carboxylic acids is 2. The first kappa shape index (κ1) is 18.7. The number of alkyl halides is 1. The topological polar surface area (TPSA) is 80.3 Å². The molecule has 1 atom stereocenters. The fourth-order valence-electron chi connectivity index (χ4n) is 1.96. The number of ketones is 1. The minimum absolute atomic E-state index is 0.257. The van der Waals surface area contributed by atoms with Gasteiger partial charge in [-0.15, -0.1) is 0 Å². The van der Waals surface area contributed by atoms with Gasteiger partial charge >= 0.3 is 6.03 Å². The molecule has 0 aliphatic carbocycles. The summed E-state index contributed by atoms with van der Waals surface area (Å²) < 4.78 is 18.5. The van der Waals surface area contributed by atoms with E-state index in [0.29, 0.717) is 17.0 Å². The molecule has 6 nitrogen and oxygen atoms in total. The van der Waals surface area contributed by atoms with E-state index >= 15 is 0 Å². The van der Waals surface area contributed by atoms with Gasteiger partial charge in [-0.1, -0.05) is 29.8 Å². The van der Waals surface area contributed by atoms with Gasteiger partial charge in [0.2, 0.25) is 5.78 Å². The van der Waals surface area contributed by atoms with Crippen LogP contribution in [0.5, 0.6) is 5.75 Å². The summed E-state index contributed by atoms with van der Waals surface area (Å²) >= 11 is 5.91. The van der Waals surface area contributed by atoms with Gasteiger partial charge in [-0.05, 0) is 30.2 Å². The first-order valence-corrected chi connectivity index (χ1v) is 7.89. The summed E-state index contributed by atoms with van der Waals surface area (Å²) in [5.74, 6) is -0.188. The van der Waals surface area contributed by atoms with Gasteiger partial charge in [0.1, 0.15) is 5.75 Å². The van der Waals surface area contributed by atoms with Crippen molar-refractivity contribution in [2.45, 2.75) is 19.7 Å². The van der Waals surface area contributed by atoms with Gasteiger partial charge in [0.25, 0.3) is 6.36 Å². The molecular formula is C17H17ClFN3O3. The third kappa shape index (κ3) is 5.72. The number of ether oxygens (including phenoxy) is 1. The second-order valence-electron chi connectivity index (χ2n) is 5.12. The average molecular weight is 366 g/mol. The highest BCUT2D eigenvalue weighted by molar-refractivity contribution is 6.33. The van der Waals surface area contributed by atoms with Gasteiger partial charge in [-0.2, -0.15) is 4.39 Å². The predicted octanol–water partition coefficient (Wildman–Crippen LogP) is 3.36. The molecule has 0 fully saturated rings. The molecule has 0 saturated carbocycles. The molecular weight excluding hydrogens is 349 g/mol. The Balaban J connectivity index is 1.88. The summed E-state index contributed by atoms with van der Waals surface area (Å²) in [6.07, 6.45) is -0.106. The van der Waals surface area contributed by atoms with Gasteiger partial charge in [0.15, 0.2) is 5.82 Å². The number of Topliss-reactive ketones (excluding diaryl/α,β-unsaturated/α-hetero) is 1. The summed E-state index contributed by atoms with van der Waals surface area (Å²) in [6.45, 7) is 1.38. The maximum Gasteiger partial charge on any atom is 0.320 e. The number of amides is 2. The van der Waals surface area contributed by atoms with Crippen LogP contribution in [0.1, 0.15) is 12.5 Å². The molecule has 0 spiro atoms. The molecule has 1 aromatic carbocycles. The van der Waals surface area contributed by atoms with Crippen molar-refractivity contribution in [3.63, 3.8) is 0 Å². The van der Waals surface area contributed by atoms with Crippen molar-refractivity contribution in [3.05, 3.63) is 53.2 Å². The number of anilines is 1. The molecule has 0 aliphatic rings. The Kier molecular flexibility index (Phi) is 6.71. The zero-order chi connectivity index (χ0) is 18.2. The van der Waals surface area contributed by atoms with E-state index in [2.05, 4.69) is 15.6 Å². The van der Waals surface area contributed by atoms with Crippen molar-refractivity contribution < 1.29 is 18.7 Å². The summed E-state index contributed by atoms with van der Waals surface area (Å²) in [5, 5.41) is 5.50. The molecule has 25 heavy (non-hydrogen) atoms. The number of aromatic nitrogens is 1. The van der Waals surface area contributed by atoms with Crippen molar-refractivity contribution in [2.75, 3.05) is 11.9 Å². The van der Waals surface area contributed by atoms with E-state index in [-0.39, 0.29) is 18.1 Å². The SMILES string of the molecule is CC(=O)C(F)Oc1ccccc1CCNC(=O)Nc1ncccc1Cl. The van der Waals surface area contributed by atoms with Crippen LogP contribution in [0.2, 0.25) is 5.02 Å². The van der Waals surface area contributed by atoms with Crippen molar-refractivity contribution in [1.29, 1.82) is 0 Å². The minimum atomic E-state index is -2.01. The monoisotopic (exact) mass is 365 g/mol. The Morgan fingerprint density at radius 3 is 2.76 bits per heavy atom. The summed E-state index contributed by atoms with van der Waals surface area (Å²) in [7, 11) is 0. The second-order valence-corrected chi connectivity index (χ2v) is 5.52. The van der Waals surface area contributed by atoms with Gasteiger partial charge < -0.3 is 10.1 Å². The van der Waals surface area contributed by atoms with Crippen LogP contribution >= 0.6 is 11.6 Å². The van der Waals surface area contributed by atoms with Crippen molar-refractivity contribution in [3.8, 4) is 5.75 Å². The fraction of sp³-hybridized carbons (Fsp3) is 0.235. The van der Waals surface area contributed by atoms with Crippen LogP contribution in [-0.4, -0.2) is 29.7 Å². The number of rotatable bonds is 7. The predicted molar refractivity (Wildman–Crippen MR) is 92.6 cm³/mol. The molecule has 2 aromatic rings. The Morgan fingerprint density at radius 2 is 2.04 bits per heavy atom. The highest BCUT2D eigenvalue weighted by atomic mass is 35.5. The molecule has 1 heterocycles. The summed E-state index contributed by atoms with van der Waals surface area (Å²) in [6, 6.07) is 9.54. The number of nitrogens with one attached hydrogen (secondary N) is 2. The highest BCUT2D eigenvalue weighted by Crippen LogP contribution is 2.20. The van der Waals surface area contributed by atoms with E-state index < -0.39 is 18.2 Å². The van der Waals surface area contributed by atoms with Gasteiger partial charge in [-0.3, -0.25) is 10.1 Å². The summed E-state index contributed by atoms with van der Waals surface area (Å²) in [4.78, 5) is 26.8. The first-order chi connectivity index (χ1) is 12.0. The van der Waals surface area contributed by atoms with Crippen LogP contribution in [0, 0.1) is 0 Å². The third-order valence-electron chi connectivity index (χ3n) is 3.19. The fourth-order valence-corrected chi connectivity index (χ4v) is 2.13. The number of urea groups is 1. The summed E-state index contributed by atoms with van der Waals surface area (Å²) in [5.41, 5.74) is 0.669. The van der Waals surface area contributed by atoms with E-state index in [1.807, 2.05) is 0 Å². The van der Waals surface area contributed by atoms with Gasteiger partial charge in [0, 0.05) is 19.7 Å². The Labute approximate surface area is 149 Å². The molecule has 1 unspecified atom stereocenters. The Bertz CT molecular complexity index is 757. The zero-order valence-electron chi connectivity index (χ0n) is 13.5. The lowest BCUT2D eigenvalue weighted by atomic mass is 10.1. The number of hydrogen-bond donors (Lipinski definition) is 2. The molecule has 0 radical (unpaired) electrons. The molecule has 1 aromatic heterocycles. The largest absolute Gasteiger partial charge is 0.453 e. The maximum absolute atomic E-state index is 13.5.